The van der Waals surface area contributed by atoms with E-state index in [0.29, 0.717) is 13.1 Å². The molecule has 1 atom stereocenters. The Hall–Kier alpha value is -2.82. The molecular weight excluding hydrogens is 340 g/mol. The van der Waals surface area contributed by atoms with E-state index in [-0.39, 0.29) is 24.2 Å². The van der Waals surface area contributed by atoms with Crippen molar-refractivity contribution in [1.29, 1.82) is 0 Å². The largest absolute Gasteiger partial charge is 0.497 e. The van der Waals surface area contributed by atoms with Crippen LogP contribution in [0.15, 0.2) is 42.5 Å². The van der Waals surface area contributed by atoms with Crippen molar-refractivity contribution in [3.05, 3.63) is 59.2 Å². The van der Waals surface area contributed by atoms with Gasteiger partial charge in [-0.25, -0.2) is 0 Å². The summed E-state index contributed by atoms with van der Waals surface area (Å²) in [6, 6.07) is 13.8. The predicted molar refractivity (Wildman–Crippen MR) is 106 cm³/mol. The first-order chi connectivity index (χ1) is 13.0. The quantitative estimate of drug-likeness (QED) is 0.853. The van der Waals surface area contributed by atoms with Gasteiger partial charge in [0.25, 0.3) is 0 Å². The number of likely N-dealkylation sites (tertiary alicyclic amines) is 1. The molecule has 0 aromatic heterocycles. The number of aryl methyl sites for hydroxylation is 2. The number of nitrogens with zero attached hydrogens (tertiary/aromatic N) is 1. The number of carbonyl (C=O) groups is 2. The Bertz CT molecular complexity index is 830. The minimum absolute atomic E-state index is 0.0459. The second kappa shape index (κ2) is 8.25. The van der Waals surface area contributed by atoms with E-state index >= 15 is 0 Å². The molecule has 1 N–H and O–H groups in total. The summed E-state index contributed by atoms with van der Waals surface area (Å²) < 4.78 is 5.16. The molecule has 3 rings (SSSR count). The fraction of sp³-hybridized carbons (Fsp3) is 0.364. The van der Waals surface area contributed by atoms with Crippen LogP contribution in [0.25, 0.3) is 0 Å². The van der Waals surface area contributed by atoms with Crippen molar-refractivity contribution < 1.29 is 14.3 Å². The minimum Gasteiger partial charge on any atom is -0.497 e. The minimum atomic E-state index is -0.298. The molecule has 1 fully saturated rings. The van der Waals surface area contributed by atoms with Gasteiger partial charge < -0.3 is 15.0 Å². The van der Waals surface area contributed by atoms with Crippen molar-refractivity contribution in [1.82, 2.24) is 4.90 Å². The van der Waals surface area contributed by atoms with E-state index in [1.165, 1.54) is 0 Å². The zero-order valence-corrected chi connectivity index (χ0v) is 16.1. The van der Waals surface area contributed by atoms with E-state index in [2.05, 4.69) is 5.32 Å². The third-order valence-corrected chi connectivity index (χ3v) is 5.07. The number of hydrogen-bond acceptors (Lipinski definition) is 3. The maximum absolute atomic E-state index is 12.6. The number of benzene rings is 2. The van der Waals surface area contributed by atoms with Gasteiger partial charge in [-0.15, -0.1) is 0 Å². The molecule has 5 nitrogen and oxygen atoms in total. The Labute approximate surface area is 160 Å². The molecule has 27 heavy (non-hydrogen) atoms. The van der Waals surface area contributed by atoms with Gasteiger partial charge in [0.15, 0.2) is 0 Å². The Kier molecular flexibility index (Phi) is 5.79. The second-order valence-electron chi connectivity index (χ2n) is 7.15. The van der Waals surface area contributed by atoms with E-state index in [1.54, 1.807) is 12.0 Å². The fourth-order valence-electron chi connectivity index (χ4n) is 3.33. The Morgan fingerprint density at radius 3 is 2.63 bits per heavy atom. The molecule has 0 radical (unpaired) electrons. The molecule has 0 aliphatic carbocycles. The Morgan fingerprint density at radius 1 is 1.19 bits per heavy atom. The average Bonchev–Trinajstić information content (AvgIpc) is 3.04. The molecule has 0 saturated carbocycles. The van der Waals surface area contributed by atoms with Gasteiger partial charge in [0, 0.05) is 25.2 Å². The lowest BCUT2D eigenvalue weighted by Gasteiger charge is -2.17. The van der Waals surface area contributed by atoms with Crippen molar-refractivity contribution in [2.45, 2.75) is 26.7 Å². The standard InChI is InChI=1S/C22H26N2O3/c1-15-4-5-16(2)20(12-15)23-22(26)18-13-21(25)24(14-18)11-10-17-6-8-19(27-3)9-7-17/h4-9,12,18H,10-11,13-14H2,1-3H3,(H,23,26). The van der Waals surface area contributed by atoms with E-state index in [0.717, 1.165) is 34.5 Å². The highest BCUT2D eigenvalue weighted by atomic mass is 16.5. The molecule has 2 aromatic rings. The lowest BCUT2D eigenvalue weighted by atomic mass is 10.1. The summed E-state index contributed by atoms with van der Waals surface area (Å²) in [6.07, 6.45) is 1.04. The summed E-state index contributed by atoms with van der Waals surface area (Å²) in [5, 5.41) is 2.99. The number of rotatable bonds is 6. The van der Waals surface area contributed by atoms with Crippen LogP contribution in [-0.4, -0.2) is 36.9 Å². The molecule has 0 spiro atoms. The molecule has 0 bridgehead atoms. The summed E-state index contributed by atoms with van der Waals surface area (Å²) in [4.78, 5) is 26.7. The van der Waals surface area contributed by atoms with Crippen LogP contribution in [0.4, 0.5) is 5.69 Å². The van der Waals surface area contributed by atoms with E-state index in [4.69, 9.17) is 4.74 Å². The summed E-state index contributed by atoms with van der Waals surface area (Å²) >= 11 is 0. The van der Waals surface area contributed by atoms with Crippen LogP contribution in [0.1, 0.15) is 23.1 Å². The van der Waals surface area contributed by atoms with Crippen molar-refractivity contribution >= 4 is 17.5 Å². The highest BCUT2D eigenvalue weighted by Gasteiger charge is 2.34. The molecule has 2 aromatic carbocycles. The number of ether oxygens (including phenoxy) is 1. The molecular formula is C22H26N2O3. The van der Waals surface area contributed by atoms with Gasteiger partial charge in [0.2, 0.25) is 11.8 Å². The van der Waals surface area contributed by atoms with Gasteiger partial charge in [0.05, 0.1) is 13.0 Å². The SMILES string of the molecule is COc1ccc(CCN2CC(C(=O)Nc3cc(C)ccc3C)CC2=O)cc1. The number of anilines is 1. The average molecular weight is 366 g/mol. The van der Waals surface area contributed by atoms with E-state index in [1.807, 2.05) is 56.3 Å². The first-order valence-corrected chi connectivity index (χ1v) is 9.25. The molecule has 1 heterocycles. The van der Waals surface area contributed by atoms with Crippen molar-refractivity contribution in [2.75, 3.05) is 25.5 Å². The summed E-state index contributed by atoms with van der Waals surface area (Å²) in [5.74, 6) is 0.487. The van der Waals surface area contributed by atoms with Crippen molar-refractivity contribution in [3.63, 3.8) is 0 Å². The maximum Gasteiger partial charge on any atom is 0.229 e. The van der Waals surface area contributed by atoms with E-state index < -0.39 is 0 Å². The van der Waals surface area contributed by atoms with Crippen LogP contribution in [0.2, 0.25) is 0 Å². The smallest absolute Gasteiger partial charge is 0.229 e. The third-order valence-electron chi connectivity index (χ3n) is 5.07. The predicted octanol–water partition coefficient (Wildman–Crippen LogP) is 3.34. The van der Waals surface area contributed by atoms with Gasteiger partial charge in [-0.1, -0.05) is 24.3 Å². The number of methoxy groups -OCH3 is 1. The monoisotopic (exact) mass is 366 g/mol. The molecule has 5 heteroatoms. The van der Waals surface area contributed by atoms with Crippen molar-refractivity contribution in [2.24, 2.45) is 5.92 Å². The van der Waals surface area contributed by atoms with Crippen molar-refractivity contribution in [3.8, 4) is 5.75 Å². The van der Waals surface area contributed by atoms with Gasteiger partial charge in [-0.2, -0.15) is 0 Å². The topological polar surface area (TPSA) is 58.6 Å². The molecule has 142 valence electrons. The molecule has 1 unspecified atom stereocenters. The first kappa shape index (κ1) is 19.0. The summed E-state index contributed by atoms with van der Waals surface area (Å²) in [5.41, 5.74) is 4.09. The molecule has 1 aliphatic heterocycles. The number of hydrogen-bond donors (Lipinski definition) is 1. The summed E-state index contributed by atoms with van der Waals surface area (Å²) in [6.45, 7) is 5.06. The lowest BCUT2D eigenvalue weighted by molar-refractivity contribution is -0.128. The lowest BCUT2D eigenvalue weighted by Crippen LogP contribution is -2.30. The number of carbonyl (C=O) groups excluding carboxylic acids is 2. The van der Waals surface area contributed by atoms with Crippen LogP contribution in [-0.2, 0) is 16.0 Å². The second-order valence-corrected chi connectivity index (χ2v) is 7.15. The first-order valence-electron chi connectivity index (χ1n) is 9.25. The zero-order valence-electron chi connectivity index (χ0n) is 16.1. The number of nitrogens with one attached hydrogen (secondary N) is 1. The van der Waals surface area contributed by atoms with Crippen LogP contribution < -0.4 is 10.1 Å². The number of amides is 2. The zero-order chi connectivity index (χ0) is 19.4. The highest BCUT2D eigenvalue weighted by molar-refractivity contribution is 5.97. The van der Waals surface area contributed by atoms with Gasteiger partial charge >= 0.3 is 0 Å². The van der Waals surface area contributed by atoms with Crippen LogP contribution in [0.5, 0.6) is 5.75 Å². The van der Waals surface area contributed by atoms with Gasteiger partial charge in [-0.05, 0) is 55.2 Å². The normalized spacial score (nSPS) is 16.5. The maximum atomic E-state index is 12.6. The Morgan fingerprint density at radius 2 is 1.93 bits per heavy atom. The fourth-order valence-corrected chi connectivity index (χ4v) is 3.33. The van der Waals surface area contributed by atoms with Crippen LogP contribution in [0.3, 0.4) is 0 Å². The Balaban J connectivity index is 1.56. The highest BCUT2D eigenvalue weighted by Crippen LogP contribution is 2.23. The van der Waals surface area contributed by atoms with Crippen LogP contribution >= 0.6 is 0 Å². The summed E-state index contributed by atoms with van der Waals surface area (Å²) in [7, 11) is 1.64. The van der Waals surface area contributed by atoms with Gasteiger partial charge in [-0.3, -0.25) is 9.59 Å². The van der Waals surface area contributed by atoms with E-state index in [9.17, 15) is 9.59 Å². The third kappa shape index (κ3) is 4.67. The molecule has 2 amide bonds. The molecule has 1 aliphatic rings. The van der Waals surface area contributed by atoms with Crippen LogP contribution in [0, 0.1) is 19.8 Å². The van der Waals surface area contributed by atoms with Gasteiger partial charge in [0.1, 0.15) is 5.75 Å². The molecule has 1 saturated heterocycles.